The summed E-state index contributed by atoms with van der Waals surface area (Å²) in [5, 5.41) is 9.65. The van der Waals surface area contributed by atoms with Crippen molar-refractivity contribution in [2.45, 2.75) is 28.8 Å². The molecule has 0 atom stereocenters. The first-order chi connectivity index (χ1) is 13.8. The number of para-hydroxylation sites is 2. The molecule has 0 radical (unpaired) electrons. The van der Waals surface area contributed by atoms with Crippen LogP contribution in [0.3, 0.4) is 0 Å². The Morgan fingerprint density at radius 2 is 1.86 bits per heavy atom. The van der Waals surface area contributed by atoms with Gasteiger partial charge in [-0.1, -0.05) is 42.1 Å². The summed E-state index contributed by atoms with van der Waals surface area (Å²) >= 11 is 3.29. The highest BCUT2D eigenvalue weighted by Gasteiger charge is 2.31. The summed E-state index contributed by atoms with van der Waals surface area (Å²) in [6, 6.07) is 18.3. The molecule has 0 bridgehead atoms. The standard InChI is InChI=1S/C21H20N4OS2/c26-19(24-12-13-27-18-9-5-4-8-17(18)24)14-28-21-23-22-20(15-10-11-15)25(21)16-6-2-1-3-7-16/h1-9,15H,10-14H2. The molecule has 3 aromatic rings. The lowest BCUT2D eigenvalue weighted by molar-refractivity contribution is -0.116. The summed E-state index contributed by atoms with van der Waals surface area (Å²) < 4.78 is 2.12. The van der Waals surface area contributed by atoms with Crippen LogP contribution in [0.15, 0.2) is 64.6 Å². The molecular weight excluding hydrogens is 388 g/mol. The molecule has 0 unspecified atom stereocenters. The third-order valence-corrected chi connectivity index (χ3v) is 6.93. The van der Waals surface area contributed by atoms with Gasteiger partial charge in [0.05, 0.1) is 11.4 Å². The van der Waals surface area contributed by atoms with Gasteiger partial charge in [-0.25, -0.2) is 0 Å². The molecule has 5 rings (SSSR count). The number of aromatic nitrogens is 3. The number of carbonyl (C=O) groups excluding carboxylic acids is 1. The zero-order valence-corrected chi connectivity index (χ0v) is 17.0. The summed E-state index contributed by atoms with van der Waals surface area (Å²) in [6.45, 7) is 0.750. The lowest BCUT2D eigenvalue weighted by atomic mass is 10.3. The first-order valence-electron chi connectivity index (χ1n) is 9.47. The summed E-state index contributed by atoms with van der Waals surface area (Å²) in [5.41, 5.74) is 2.08. The molecule has 7 heteroatoms. The average molecular weight is 409 g/mol. The van der Waals surface area contributed by atoms with Crippen LogP contribution in [0.4, 0.5) is 5.69 Å². The van der Waals surface area contributed by atoms with Gasteiger partial charge in [-0.15, -0.1) is 22.0 Å². The molecule has 5 nitrogen and oxygen atoms in total. The van der Waals surface area contributed by atoms with Crippen LogP contribution in [0.1, 0.15) is 24.6 Å². The zero-order chi connectivity index (χ0) is 18.9. The van der Waals surface area contributed by atoms with E-state index in [0.717, 1.165) is 47.5 Å². The van der Waals surface area contributed by atoms with E-state index in [1.165, 1.54) is 16.7 Å². The highest BCUT2D eigenvalue weighted by Crippen LogP contribution is 2.41. The number of benzene rings is 2. The van der Waals surface area contributed by atoms with Crippen molar-refractivity contribution in [3.05, 3.63) is 60.4 Å². The molecule has 1 amide bonds. The fourth-order valence-corrected chi connectivity index (χ4v) is 5.26. The number of anilines is 1. The maximum Gasteiger partial charge on any atom is 0.237 e. The number of nitrogens with zero attached hydrogens (tertiary/aromatic N) is 4. The van der Waals surface area contributed by atoms with Crippen molar-refractivity contribution in [3.8, 4) is 5.69 Å². The highest BCUT2D eigenvalue weighted by atomic mass is 32.2. The minimum Gasteiger partial charge on any atom is -0.310 e. The second-order valence-electron chi connectivity index (χ2n) is 6.94. The van der Waals surface area contributed by atoms with Crippen LogP contribution < -0.4 is 4.90 Å². The van der Waals surface area contributed by atoms with E-state index in [0.29, 0.717) is 11.7 Å². The van der Waals surface area contributed by atoms with Crippen LogP contribution in [-0.2, 0) is 4.79 Å². The normalized spacial score (nSPS) is 16.1. The van der Waals surface area contributed by atoms with Gasteiger partial charge in [-0.05, 0) is 37.1 Å². The molecule has 1 saturated carbocycles. The van der Waals surface area contributed by atoms with Crippen molar-refractivity contribution in [2.24, 2.45) is 0 Å². The van der Waals surface area contributed by atoms with Gasteiger partial charge in [0.25, 0.3) is 0 Å². The summed E-state index contributed by atoms with van der Waals surface area (Å²) in [6.07, 6.45) is 2.33. The maximum atomic E-state index is 13.0. The van der Waals surface area contributed by atoms with Crippen molar-refractivity contribution in [1.82, 2.24) is 14.8 Å². The smallest absolute Gasteiger partial charge is 0.237 e. The van der Waals surface area contributed by atoms with E-state index >= 15 is 0 Å². The quantitative estimate of drug-likeness (QED) is 0.587. The predicted molar refractivity (Wildman–Crippen MR) is 114 cm³/mol. The molecule has 0 N–H and O–H groups in total. The molecule has 2 aromatic carbocycles. The fourth-order valence-electron chi connectivity index (χ4n) is 3.43. The van der Waals surface area contributed by atoms with E-state index in [4.69, 9.17) is 0 Å². The molecule has 1 aliphatic heterocycles. The third-order valence-electron chi connectivity index (χ3n) is 4.97. The SMILES string of the molecule is O=C(CSc1nnc(C2CC2)n1-c1ccccc1)N1CCSc2ccccc21. The Labute approximate surface area is 172 Å². The first-order valence-corrected chi connectivity index (χ1v) is 11.4. The highest BCUT2D eigenvalue weighted by molar-refractivity contribution is 8.00. The van der Waals surface area contributed by atoms with Crippen LogP contribution in [0.5, 0.6) is 0 Å². The molecular formula is C21H20N4OS2. The largest absolute Gasteiger partial charge is 0.310 e. The molecule has 1 aliphatic carbocycles. The monoisotopic (exact) mass is 408 g/mol. The van der Waals surface area contributed by atoms with Crippen molar-refractivity contribution in [3.63, 3.8) is 0 Å². The summed E-state index contributed by atoms with van der Waals surface area (Å²) in [5.74, 6) is 2.91. The van der Waals surface area contributed by atoms with Crippen LogP contribution in [-0.4, -0.2) is 38.7 Å². The van der Waals surface area contributed by atoms with Crippen molar-refractivity contribution in [2.75, 3.05) is 23.0 Å². The van der Waals surface area contributed by atoms with Gasteiger partial charge in [0, 0.05) is 28.8 Å². The number of amides is 1. The average Bonchev–Trinajstić information content (AvgIpc) is 3.51. The van der Waals surface area contributed by atoms with Crippen LogP contribution in [0.2, 0.25) is 0 Å². The minimum absolute atomic E-state index is 0.119. The third kappa shape index (κ3) is 3.44. The summed E-state index contributed by atoms with van der Waals surface area (Å²) in [4.78, 5) is 16.1. The molecule has 142 valence electrons. The topological polar surface area (TPSA) is 51.0 Å². The Morgan fingerprint density at radius 3 is 2.68 bits per heavy atom. The number of carbonyl (C=O) groups is 1. The van der Waals surface area contributed by atoms with Gasteiger partial charge >= 0.3 is 0 Å². The Bertz CT molecular complexity index is 1000. The van der Waals surface area contributed by atoms with Crippen molar-refractivity contribution in [1.29, 1.82) is 0 Å². The van der Waals surface area contributed by atoms with E-state index in [9.17, 15) is 4.79 Å². The molecule has 28 heavy (non-hydrogen) atoms. The fraction of sp³-hybridized carbons (Fsp3) is 0.286. The van der Waals surface area contributed by atoms with Crippen LogP contribution in [0, 0.1) is 0 Å². The number of rotatable bonds is 5. The minimum atomic E-state index is 0.119. The van der Waals surface area contributed by atoms with E-state index in [-0.39, 0.29) is 5.91 Å². The van der Waals surface area contributed by atoms with Crippen LogP contribution >= 0.6 is 23.5 Å². The second kappa shape index (κ2) is 7.64. The number of fused-ring (bicyclic) bond motifs is 1. The van der Waals surface area contributed by atoms with Crippen molar-refractivity contribution >= 4 is 35.1 Å². The van der Waals surface area contributed by atoms with E-state index in [1.807, 2.05) is 53.1 Å². The lowest BCUT2D eigenvalue weighted by Crippen LogP contribution is -2.36. The zero-order valence-electron chi connectivity index (χ0n) is 15.3. The Kier molecular flexibility index (Phi) is 4.86. The second-order valence-corrected chi connectivity index (χ2v) is 9.02. The van der Waals surface area contributed by atoms with Gasteiger partial charge in [-0.2, -0.15) is 0 Å². The Hall–Kier alpha value is -2.25. The predicted octanol–water partition coefficient (Wildman–Crippen LogP) is 4.38. The number of thioether (sulfide) groups is 2. The molecule has 1 aromatic heterocycles. The first kappa shape index (κ1) is 17.8. The van der Waals surface area contributed by atoms with Gasteiger partial charge in [0.15, 0.2) is 5.16 Å². The van der Waals surface area contributed by atoms with Gasteiger partial charge in [-0.3, -0.25) is 9.36 Å². The van der Waals surface area contributed by atoms with Gasteiger partial charge < -0.3 is 4.90 Å². The van der Waals surface area contributed by atoms with E-state index < -0.39 is 0 Å². The van der Waals surface area contributed by atoms with Crippen molar-refractivity contribution < 1.29 is 4.79 Å². The van der Waals surface area contributed by atoms with Gasteiger partial charge in [0.2, 0.25) is 5.91 Å². The molecule has 0 spiro atoms. The Morgan fingerprint density at radius 1 is 1.07 bits per heavy atom. The van der Waals surface area contributed by atoms with E-state index in [1.54, 1.807) is 0 Å². The number of hydrogen-bond donors (Lipinski definition) is 0. The van der Waals surface area contributed by atoms with Crippen LogP contribution in [0.25, 0.3) is 5.69 Å². The molecule has 1 fully saturated rings. The maximum absolute atomic E-state index is 13.0. The summed E-state index contributed by atoms with van der Waals surface area (Å²) in [7, 11) is 0. The molecule has 2 heterocycles. The molecule has 0 saturated heterocycles. The number of hydrogen-bond acceptors (Lipinski definition) is 5. The van der Waals surface area contributed by atoms with Gasteiger partial charge in [0.1, 0.15) is 5.82 Å². The lowest BCUT2D eigenvalue weighted by Gasteiger charge is -2.28. The Balaban J connectivity index is 1.37. The molecule has 2 aliphatic rings. The van der Waals surface area contributed by atoms with E-state index in [2.05, 4.69) is 33.0 Å².